The standard InChI is InChI=1S/C30H61NO4/c1-4-6-7-8-11-16-22-29(5-2)35-30(33)23-17-12-9-13-18-24-31(26-21-27-32)25-19-14-10-15-20-28-34-3/h29,32H,4-28H2,1-3H3. The van der Waals surface area contributed by atoms with Gasteiger partial charge in [-0.25, -0.2) is 0 Å². The lowest BCUT2D eigenvalue weighted by Gasteiger charge is -2.22. The SMILES string of the molecule is CCCCCCCCC(CC)OC(=O)CCCCCCCN(CCCO)CCCCCCCOC. The number of unbranched alkanes of at least 4 members (excludes halogenated alkanes) is 13. The third kappa shape index (κ3) is 24.8. The van der Waals surface area contributed by atoms with Gasteiger partial charge in [-0.1, -0.05) is 84.5 Å². The number of carbonyl (C=O) groups excluding carboxylic acids is 1. The molecule has 0 aliphatic carbocycles. The lowest BCUT2D eigenvalue weighted by Crippen LogP contribution is -2.27. The van der Waals surface area contributed by atoms with Gasteiger partial charge in [0.25, 0.3) is 0 Å². The van der Waals surface area contributed by atoms with Crippen LogP contribution in [0.5, 0.6) is 0 Å². The molecule has 0 saturated carbocycles. The lowest BCUT2D eigenvalue weighted by molar-refractivity contribution is -0.149. The van der Waals surface area contributed by atoms with Crippen LogP contribution >= 0.6 is 0 Å². The molecule has 0 aromatic heterocycles. The summed E-state index contributed by atoms with van der Waals surface area (Å²) in [6.45, 7) is 8.81. The number of hydrogen-bond acceptors (Lipinski definition) is 5. The predicted molar refractivity (Wildman–Crippen MR) is 149 cm³/mol. The van der Waals surface area contributed by atoms with Gasteiger partial charge in [0, 0.05) is 33.3 Å². The third-order valence-electron chi connectivity index (χ3n) is 6.94. The van der Waals surface area contributed by atoms with Crippen LogP contribution in [0.4, 0.5) is 0 Å². The second-order valence-corrected chi connectivity index (χ2v) is 10.3. The number of ether oxygens (including phenoxy) is 2. The van der Waals surface area contributed by atoms with Gasteiger partial charge < -0.3 is 19.5 Å². The second kappa shape index (κ2) is 27.9. The zero-order chi connectivity index (χ0) is 25.8. The molecule has 0 fully saturated rings. The van der Waals surface area contributed by atoms with Crippen molar-refractivity contribution in [1.82, 2.24) is 4.90 Å². The molecule has 1 atom stereocenters. The minimum atomic E-state index is 0.000215. The lowest BCUT2D eigenvalue weighted by atomic mass is 10.1. The average molecular weight is 500 g/mol. The van der Waals surface area contributed by atoms with Crippen LogP contribution in [-0.2, 0) is 14.3 Å². The summed E-state index contributed by atoms with van der Waals surface area (Å²) < 4.78 is 10.8. The summed E-state index contributed by atoms with van der Waals surface area (Å²) in [5.74, 6) is 0.000215. The molecule has 0 bridgehead atoms. The zero-order valence-corrected chi connectivity index (χ0v) is 23.9. The number of rotatable bonds is 28. The molecular weight excluding hydrogens is 438 g/mol. The minimum absolute atomic E-state index is 0.000215. The second-order valence-electron chi connectivity index (χ2n) is 10.3. The van der Waals surface area contributed by atoms with E-state index >= 15 is 0 Å². The molecule has 1 unspecified atom stereocenters. The van der Waals surface area contributed by atoms with E-state index in [0.717, 1.165) is 58.3 Å². The van der Waals surface area contributed by atoms with Gasteiger partial charge >= 0.3 is 5.97 Å². The maximum atomic E-state index is 12.2. The van der Waals surface area contributed by atoms with E-state index < -0.39 is 0 Å². The van der Waals surface area contributed by atoms with E-state index in [2.05, 4.69) is 18.7 Å². The summed E-state index contributed by atoms with van der Waals surface area (Å²) in [6, 6.07) is 0. The number of carbonyl (C=O) groups is 1. The molecule has 5 heteroatoms. The normalized spacial score (nSPS) is 12.4. The summed E-state index contributed by atoms with van der Waals surface area (Å²) in [7, 11) is 1.77. The summed E-state index contributed by atoms with van der Waals surface area (Å²) >= 11 is 0. The largest absolute Gasteiger partial charge is 0.462 e. The Morgan fingerprint density at radius 3 is 1.86 bits per heavy atom. The van der Waals surface area contributed by atoms with Crippen molar-refractivity contribution < 1.29 is 19.4 Å². The first-order valence-electron chi connectivity index (χ1n) is 15.2. The highest BCUT2D eigenvalue weighted by Crippen LogP contribution is 2.15. The fourth-order valence-corrected chi connectivity index (χ4v) is 4.62. The van der Waals surface area contributed by atoms with Crippen molar-refractivity contribution >= 4 is 5.97 Å². The van der Waals surface area contributed by atoms with Crippen LogP contribution in [0.25, 0.3) is 0 Å². The maximum absolute atomic E-state index is 12.2. The van der Waals surface area contributed by atoms with Crippen LogP contribution < -0.4 is 0 Å². The van der Waals surface area contributed by atoms with Crippen molar-refractivity contribution in [1.29, 1.82) is 0 Å². The molecule has 0 aromatic rings. The quantitative estimate of drug-likeness (QED) is 0.0883. The van der Waals surface area contributed by atoms with Crippen molar-refractivity contribution in [2.24, 2.45) is 0 Å². The van der Waals surface area contributed by atoms with Gasteiger partial charge in [0.05, 0.1) is 0 Å². The summed E-state index contributed by atoms with van der Waals surface area (Å²) in [5, 5.41) is 9.20. The molecule has 0 rings (SSSR count). The average Bonchev–Trinajstić information content (AvgIpc) is 2.86. The van der Waals surface area contributed by atoms with E-state index in [-0.39, 0.29) is 18.7 Å². The fourth-order valence-electron chi connectivity index (χ4n) is 4.62. The van der Waals surface area contributed by atoms with Crippen LogP contribution in [0.2, 0.25) is 0 Å². The van der Waals surface area contributed by atoms with Crippen molar-refractivity contribution in [3.63, 3.8) is 0 Å². The Morgan fingerprint density at radius 2 is 1.26 bits per heavy atom. The van der Waals surface area contributed by atoms with Gasteiger partial charge in [-0.05, 0) is 64.5 Å². The van der Waals surface area contributed by atoms with Crippen molar-refractivity contribution in [2.45, 2.75) is 148 Å². The van der Waals surface area contributed by atoms with Crippen LogP contribution in [-0.4, -0.2) is 62.0 Å². The monoisotopic (exact) mass is 499 g/mol. The van der Waals surface area contributed by atoms with Gasteiger partial charge in [0.1, 0.15) is 6.10 Å². The first-order valence-corrected chi connectivity index (χ1v) is 15.2. The number of aliphatic hydroxyl groups is 1. The summed E-state index contributed by atoms with van der Waals surface area (Å²) in [6.07, 6.45) is 23.2. The van der Waals surface area contributed by atoms with E-state index in [9.17, 15) is 9.90 Å². The van der Waals surface area contributed by atoms with Crippen LogP contribution in [0, 0.1) is 0 Å². The molecule has 1 N–H and O–H groups in total. The van der Waals surface area contributed by atoms with Crippen molar-refractivity contribution in [3.05, 3.63) is 0 Å². The molecule has 0 radical (unpaired) electrons. The Labute approximate surface area is 218 Å². The highest BCUT2D eigenvalue weighted by atomic mass is 16.5. The van der Waals surface area contributed by atoms with Crippen LogP contribution in [0.1, 0.15) is 142 Å². The minimum Gasteiger partial charge on any atom is -0.462 e. The molecule has 0 saturated heterocycles. The topological polar surface area (TPSA) is 59.0 Å². The Morgan fingerprint density at radius 1 is 0.714 bits per heavy atom. The fraction of sp³-hybridized carbons (Fsp3) is 0.967. The van der Waals surface area contributed by atoms with Gasteiger partial charge in [-0.3, -0.25) is 4.79 Å². The summed E-state index contributed by atoms with van der Waals surface area (Å²) in [4.78, 5) is 14.7. The highest BCUT2D eigenvalue weighted by molar-refractivity contribution is 5.69. The Hall–Kier alpha value is -0.650. The van der Waals surface area contributed by atoms with E-state index in [0.29, 0.717) is 6.42 Å². The van der Waals surface area contributed by atoms with Crippen molar-refractivity contribution in [3.8, 4) is 0 Å². The van der Waals surface area contributed by atoms with Crippen LogP contribution in [0.15, 0.2) is 0 Å². The third-order valence-corrected chi connectivity index (χ3v) is 6.94. The molecule has 5 nitrogen and oxygen atoms in total. The van der Waals surface area contributed by atoms with E-state index in [1.807, 2.05) is 0 Å². The Kier molecular flexibility index (Phi) is 27.4. The molecule has 0 aliphatic rings. The number of nitrogens with zero attached hydrogens (tertiary/aromatic N) is 1. The predicted octanol–water partition coefficient (Wildman–Crippen LogP) is 7.68. The van der Waals surface area contributed by atoms with E-state index in [1.165, 1.54) is 89.9 Å². The smallest absolute Gasteiger partial charge is 0.306 e. The summed E-state index contributed by atoms with van der Waals surface area (Å²) in [5.41, 5.74) is 0. The molecule has 0 aromatic carbocycles. The maximum Gasteiger partial charge on any atom is 0.306 e. The van der Waals surface area contributed by atoms with Gasteiger partial charge in [0.15, 0.2) is 0 Å². The Balaban J connectivity index is 3.77. The van der Waals surface area contributed by atoms with E-state index in [1.54, 1.807) is 7.11 Å². The molecule has 0 heterocycles. The van der Waals surface area contributed by atoms with Gasteiger partial charge in [-0.2, -0.15) is 0 Å². The first-order chi connectivity index (χ1) is 17.2. The number of methoxy groups -OCH3 is 1. The number of esters is 1. The van der Waals surface area contributed by atoms with Gasteiger partial charge in [-0.15, -0.1) is 0 Å². The molecule has 0 amide bonds. The van der Waals surface area contributed by atoms with Crippen LogP contribution in [0.3, 0.4) is 0 Å². The molecule has 0 aliphatic heterocycles. The first kappa shape index (κ1) is 34.4. The zero-order valence-electron chi connectivity index (χ0n) is 23.9. The van der Waals surface area contributed by atoms with E-state index in [4.69, 9.17) is 9.47 Å². The molecular formula is C30H61NO4. The van der Waals surface area contributed by atoms with Gasteiger partial charge in [0.2, 0.25) is 0 Å². The van der Waals surface area contributed by atoms with Crippen molar-refractivity contribution in [2.75, 3.05) is 40.0 Å². The highest BCUT2D eigenvalue weighted by Gasteiger charge is 2.12. The molecule has 210 valence electrons. The number of aliphatic hydroxyl groups excluding tert-OH is 1. The molecule has 35 heavy (non-hydrogen) atoms. The number of hydrogen-bond donors (Lipinski definition) is 1. The molecule has 0 spiro atoms. The Bertz CT molecular complexity index is 433.